The lowest BCUT2D eigenvalue weighted by molar-refractivity contribution is -0.110. The van der Waals surface area contributed by atoms with E-state index in [0.29, 0.717) is 0 Å². The highest BCUT2D eigenvalue weighted by Crippen LogP contribution is 2.35. The van der Waals surface area contributed by atoms with Gasteiger partial charge in [0, 0.05) is 13.1 Å². The van der Waals surface area contributed by atoms with Crippen molar-refractivity contribution in [3.8, 4) is 0 Å². The topological polar surface area (TPSA) is 58.6 Å². The zero-order valence-corrected chi connectivity index (χ0v) is 13.8. The second-order valence-corrected chi connectivity index (χ2v) is 8.30. The lowest BCUT2D eigenvalue weighted by Gasteiger charge is -2.23. The molecule has 2 fully saturated rings. The summed E-state index contributed by atoms with van der Waals surface area (Å²) in [4.78, 5) is 5.55. The fourth-order valence-electron chi connectivity index (χ4n) is 3.19. The number of sulfonamides is 1. The van der Waals surface area contributed by atoms with Crippen molar-refractivity contribution in [2.75, 3.05) is 13.7 Å². The van der Waals surface area contributed by atoms with Gasteiger partial charge >= 0.3 is 0 Å². The van der Waals surface area contributed by atoms with Gasteiger partial charge in [-0.05, 0) is 35.2 Å². The minimum atomic E-state index is -3.40. The minimum absolute atomic E-state index is 0.114. The molecule has 122 valence electrons. The van der Waals surface area contributed by atoms with Crippen LogP contribution in [0.2, 0.25) is 0 Å². The Morgan fingerprint density at radius 3 is 2.61 bits per heavy atom. The van der Waals surface area contributed by atoms with Crippen molar-refractivity contribution >= 4 is 20.8 Å². The summed E-state index contributed by atoms with van der Waals surface area (Å²) in [6.07, 6.45) is 1.87. The van der Waals surface area contributed by atoms with E-state index in [4.69, 9.17) is 4.84 Å². The van der Waals surface area contributed by atoms with Crippen molar-refractivity contribution in [3.63, 3.8) is 0 Å². The third kappa shape index (κ3) is 2.87. The molecule has 5 nitrogen and oxygen atoms in total. The Morgan fingerprint density at radius 1 is 1.13 bits per heavy atom. The molecule has 1 saturated heterocycles. The molecule has 2 aliphatic rings. The molecule has 2 aromatic rings. The summed E-state index contributed by atoms with van der Waals surface area (Å²) in [6.45, 7) is 0.191. The molecule has 23 heavy (non-hydrogen) atoms. The molecule has 1 aliphatic heterocycles. The highest BCUT2D eigenvalue weighted by molar-refractivity contribution is 7.90. The van der Waals surface area contributed by atoms with Gasteiger partial charge in [-0.15, -0.1) is 0 Å². The maximum atomic E-state index is 12.7. The third-order valence-corrected chi connectivity index (χ3v) is 6.46. The minimum Gasteiger partial charge on any atom is -0.297 e. The van der Waals surface area contributed by atoms with Gasteiger partial charge in [0.15, 0.2) is 0 Å². The summed E-state index contributed by atoms with van der Waals surface area (Å²) in [5.41, 5.74) is 0.967. The first kappa shape index (κ1) is 15.1. The molecular formula is C17H20N2O3S. The SMILES string of the molecule is CN1OCC(S(=O)(=O)NC2CC2)C1c1ccc2ccccc2c1. The van der Waals surface area contributed by atoms with Crippen LogP contribution in [-0.2, 0) is 14.9 Å². The summed E-state index contributed by atoms with van der Waals surface area (Å²) in [5, 5.41) is 3.33. The van der Waals surface area contributed by atoms with Gasteiger partial charge < -0.3 is 0 Å². The Hall–Kier alpha value is -1.47. The van der Waals surface area contributed by atoms with Crippen molar-refractivity contribution < 1.29 is 13.3 Å². The molecule has 0 aromatic heterocycles. The van der Waals surface area contributed by atoms with E-state index < -0.39 is 15.3 Å². The van der Waals surface area contributed by atoms with Gasteiger partial charge in [0.2, 0.25) is 10.0 Å². The van der Waals surface area contributed by atoms with Crippen LogP contribution in [0.25, 0.3) is 10.8 Å². The van der Waals surface area contributed by atoms with Crippen LogP contribution in [0.15, 0.2) is 42.5 Å². The zero-order valence-electron chi connectivity index (χ0n) is 13.0. The summed E-state index contributed by atoms with van der Waals surface area (Å²) in [7, 11) is -1.60. The Bertz CT molecular complexity index is 833. The molecule has 4 rings (SSSR count). The second kappa shape index (κ2) is 5.56. The van der Waals surface area contributed by atoms with Gasteiger partial charge in [-0.3, -0.25) is 4.84 Å². The van der Waals surface area contributed by atoms with Gasteiger partial charge in [-0.25, -0.2) is 13.1 Å². The molecule has 6 heteroatoms. The molecule has 0 bridgehead atoms. The number of fused-ring (bicyclic) bond motifs is 1. The molecule has 0 spiro atoms. The van der Waals surface area contributed by atoms with Crippen molar-refractivity contribution in [3.05, 3.63) is 48.0 Å². The highest BCUT2D eigenvalue weighted by atomic mass is 32.2. The molecule has 1 aliphatic carbocycles. The number of rotatable bonds is 4. The van der Waals surface area contributed by atoms with E-state index in [1.54, 1.807) is 12.1 Å². The smallest absolute Gasteiger partial charge is 0.219 e. The van der Waals surface area contributed by atoms with Gasteiger partial charge in [-0.1, -0.05) is 36.4 Å². The molecule has 2 unspecified atom stereocenters. The molecule has 2 aromatic carbocycles. The van der Waals surface area contributed by atoms with Crippen LogP contribution in [0.5, 0.6) is 0 Å². The van der Waals surface area contributed by atoms with E-state index in [0.717, 1.165) is 29.2 Å². The predicted octanol–water partition coefficient (Wildman–Crippen LogP) is 2.21. The fourth-order valence-corrected chi connectivity index (χ4v) is 4.98. The first-order valence-corrected chi connectivity index (χ1v) is 9.45. The van der Waals surface area contributed by atoms with Crippen molar-refractivity contribution in [1.29, 1.82) is 0 Å². The molecular weight excluding hydrogens is 312 g/mol. The standard InChI is InChI=1S/C17H20N2O3S/c1-19-17(14-7-6-12-4-2-3-5-13(12)10-14)16(11-22-19)23(20,21)18-15-8-9-15/h2-7,10,15-18H,8-9,11H2,1H3. The van der Waals surface area contributed by atoms with E-state index in [-0.39, 0.29) is 18.7 Å². The Kier molecular flexibility index (Phi) is 3.65. The summed E-state index contributed by atoms with van der Waals surface area (Å²) < 4.78 is 28.1. The maximum Gasteiger partial charge on any atom is 0.219 e. The molecule has 0 amide bonds. The normalized spacial score (nSPS) is 26.0. The molecule has 0 radical (unpaired) electrons. The van der Waals surface area contributed by atoms with Crippen LogP contribution in [0.3, 0.4) is 0 Å². The van der Waals surface area contributed by atoms with Gasteiger partial charge in [0.1, 0.15) is 5.25 Å². The first-order valence-electron chi connectivity index (χ1n) is 7.90. The van der Waals surface area contributed by atoms with Gasteiger partial charge in [0.05, 0.1) is 12.6 Å². The summed E-state index contributed by atoms with van der Waals surface area (Å²) in [5.74, 6) is 0. The number of benzene rings is 2. The second-order valence-electron chi connectivity index (χ2n) is 6.37. The summed E-state index contributed by atoms with van der Waals surface area (Å²) in [6, 6.07) is 14.0. The lowest BCUT2D eigenvalue weighted by atomic mass is 10.0. The van der Waals surface area contributed by atoms with E-state index >= 15 is 0 Å². The van der Waals surface area contributed by atoms with Gasteiger partial charge in [0.25, 0.3) is 0 Å². The number of hydrogen-bond acceptors (Lipinski definition) is 4. The molecule has 1 heterocycles. The van der Waals surface area contributed by atoms with Crippen LogP contribution >= 0.6 is 0 Å². The average Bonchev–Trinajstić information content (AvgIpc) is 3.24. The largest absolute Gasteiger partial charge is 0.297 e. The van der Waals surface area contributed by atoms with E-state index in [1.165, 1.54) is 0 Å². The zero-order chi connectivity index (χ0) is 16.0. The number of nitrogens with zero attached hydrogens (tertiary/aromatic N) is 1. The number of nitrogens with one attached hydrogen (secondary N) is 1. The van der Waals surface area contributed by atoms with E-state index in [9.17, 15) is 8.42 Å². The van der Waals surface area contributed by atoms with Crippen LogP contribution in [0.4, 0.5) is 0 Å². The van der Waals surface area contributed by atoms with Crippen LogP contribution in [-0.4, -0.2) is 38.4 Å². The fraction of sp³-hybridized carbons (Fsp3) is 0.412. The Balaban J connectivity index is 1.70. The van der Waals surface area contributed by atoms with Crippen LogP contribution in [0.1, 0.15) is 24.4 Å². The number of hydroxylamine groups is 2. The van der Waals surface area contributed by atoms with Crippen molar-refractivity contribution in [2.45, 2.75) is 30.2 Å². The van der Waals surface area contributed by atoms with Crippen molar-refractivity contribution in [1.82, 2.24) is 9.79 Å². The first-order chi connectivity index (χ1) is 11.0. The quantitative estimate of drug-likeness (QED) is 0.933. The van der Waals surface area contributed by atoms with Crippen LogP contribution < -0.4 is 4.72 Å². The lowest BCUT2D eigenvalue weighted by Crippen LogP contribution is -2.40. The van der Waals surface area contributed by atoms with E-state index in [1.807, 2.05) is 30.3 Å². The van der Waals surface area contributed by atoms with Gasteiger partial charge in [-0.2, -0.15) is 5.06 Å². The molecule has 1 saturated carbocycles. The Morgan fingerprint density at radius 2 is 1.87 bits per heavy atom. The number of hydrogen-bond donors (Lipinski definition) is 1. The maximum absolute atomic E-state index is 12.7. The van der Waals surface area contributed by atoms with Crippen molar-refractivity contribution in [2.24, 2.45) is 0 Å². The molecule has 2 atom stereocenters. The average molecular weight is 332 g/mol. The third-order valence-electron chi connectivity index (χ3n) is 4.61. The molecule has 1 N–H and O–H groups in total. The highest BCUT2D eigenvalue weighted by Gasteiger charge is 2.44. The summed E-state index contributed by atoms with van der Waals surface area (Å²) >= 11 is 0. The van der Waals surface area contributed by atoms with E-state index in [2.05, 4.69) is 16.9 Å². The Labute approximate surface area is 136 Å². The predicted molar refractivity (Wildman–Crippen MR) is 89.3 cm³/mol. The van der Waals surface area contributed by atoms with Crippen LogP contribution in [0, 0.1) is 0 Å². The monoisotopic (exact) mass is 332 g/mol.